The highest BCUT2D eigenvalue weighted by atomic mass is 16.1. The van der Waals surface area contributed by atoms with Gasteiger partial charge < -0.3 is 0 Å². The molecule has 0 N–H and O–H groups in total. The highest BCUT2D eigenvalue weighted by Gasteiger charge is 2.13. The van der Waals surface area contributed by atoms with E-state index >= 15 is 0 Å². The Bertz CT molecular complexity index is 517. The molecule has 0 fully saturated rings. The number of rotatable bonds is 3. The van der Waals surface area contributed by atoms with Gasteiger partial charge in [0, 0.05) is 5.69 Å². The van der Waals surface area contributed by atoms with E-state index in [4.69, 9.17) is 9.22 Å². The Kier molecular flexibility index (Phi) is 3.77. The van der Waals surface area contributed by atoms with E-state index in [1.54, 1.807) is 6.92 Å². The molecule has 1 heterocycles. The fraction of sp³-hybridized carbons (Fsp3) is 0.429. The van der Waals surface area contributed by atoms with Gasteiger partial charge in [-0.1, -0.05) is 30.4 Å². The second kappa shape index (κ2) is 5.30. The second-order valence-corrected chi connectivity index (χ2v) is 4.75. The number of carbonyl (C=O) groups excluding carboxylic acids is 1. The first-order valence-corrected chi connectivity index (χ1v) is 5.71. The lowest BCUT2D eigenvalue weighted by atomic mass is 9.86. The summed E-state index contributed by atoms with van der Waals surface area (Å²) in [5.41, 5.74) is 2.71. The first-order chi connectivity index (χ1) is 8.25. The van der Waals surface area contributed by atoms with Crippen LogP contribution < -0.4 is 5.46 Å². The van der Waals surface area contributed by atoms with E-state index < -0.39 is 0 Å². The third kappa shape index (κ3) is 3.29. The Morgan fingerprint density at radius 1 is 1.53 bits per heavy atom. The number of aromatic nitrogens is 1. The number of ketones is 1. The van der Waals surface area contributed by atoms with Gasteiger partial charge >= 0.3 is 0 Å². The van der Waals surface area contributed by atoms with E-state index in [2.05, 4.69) is 4.98 Å². The molecule has 3 heteroatoms. The minimum atomic E-state index is -0.197. The Hall–Kier alpha value is -1.38. The van der Waals surface area contributed by atoms with Crippen LogP contribution in [0.25, 0.3) is 0 Å². The van der Waals surface area contributed by atoms with Gasteiger partial charge in [-0.05, 0) is 38.8 Å². The van der Waals surface area contributed by atoms with Crippen LogP contribution in [0.3, 0.4) is 0 Å². The Labute approximate surface area is 106 Å². The van der Waals surface area contributed by atoms with E-state index in [1.165, 1.54) is 6.08 Å². The molecule has 1 rings (SSSR count). The summed E-state index contributed by atoms with van der Waals surface area (Å²) in [6, 6.07) is 0.330. The summed E-state index contributed by atoms with van der Waals surface area (Å²) in [4.78, 5) is 16.3. The third-order valence-corrected chi connectivity index (χ3v) is 2.41. The van der Waals surface area contributed by atoms with Crippen molar-refractivity contribution in [3.8, 4) is 0 Å². The minimum absolute atomic E-state index is 0.0926. The quantitative estimate of drug-likeness (QED) is 0.452. The summed E-state index contributed by atoms with van der Waals surface area (Å²) >= 11 is 0. The Balaban J connectivity index is 3.46. The number of nitrogens with zero attached hydrogens (tertiary/aromatic N) is 1. The first-order valence-electron chi connectivity index (χ1n) is 6.21. The van der Waals surface area contributed by atoms with Gasteiger partial charge in [-0.2, -0.15) is 0 Å². The summed E-state index contributed by atoms with van der Waals surface area (Å²) in [5.74, 6) is -0.104. The van der Waals surface area contributed by atoms with Crippen molar-refractivity contribution in [2.75, 3.05) is 0 Å². The van der Waals surface area contributed by atoms with Crippen LogP contribution in [0.2, 0.25) is 0 Å². The zero-order chi connectivity index (χ0) is 14.0. The molecule has 0 aliphatic rings. The molecule has 0 unspecified atom stereocenters. The van der Waals surface area contributed by atoms with Gasteiger partial charge in [0.15, 0.2) is 0 Å². The van der Waals surface area contributed by atoms with Gasteiger partial charge in [0.05, 0.1) is 1.37 Å². The van der Waals surface area contributed by atoms with Crippen LogP contribution in [0, 0.1) is 6.92 Å². The molecule has 2 nitrogen and oxygen atoms in total. The first kappa shape index (κ1) is 12.1. The molecule has 0 aromatic carbocycles. The summed E-state index contributed by atoms with van der Waals surface area (Å²) in [6.45, 7) is 9.35. The van der Waals surface area contributed by atoms with Crippen molar-refractivity contribution in [3.63, 3.8) is 0 Å². The van der Waals surface area contributed by atoms with Crippen molar-refractivity contribution in [1.82, 2.24) is 4.98 Å². The molecule has 0 aliphatic carbocycles. The largest absolute Gasteiger partial charge is 0.288 e. The predicted octanol–water partition coefficient (Wildman–Crippen LogP) is 2.46. The molecule has 0 amide bonds. The molecule has 0 aliphatic heterocycles. The van der Waals surface area contributed by atoms with Gasteiger partial charge in [0.25, 0.3) is 0 Å². The average Bonchev–Trinajstić information content (AvgIpc) is 2.24. The molecule has 88 valence electrons. The molecule has 1 aromatic heterocycles. The predicted molar refractivity (Wildman–Crippen MR) is 72.2 cm³/mol. The van der Waals surface area contributed by atoms with Gasteiger partial charge in [-0.15, -0.1) is 0 Å². The normalized spacial score (nSPS) is 11.3. The second-order valence-electron chi connectivity index (χ2n) is 4.75. The molecule has 0 spiro atoms. The van der Waals surface area contributed by atoms with Gasteiger partial charge in [-0.25, -0.2) is 4.98 Å². The van der Waals surface area contributed by atoms with Gasteiger partial charge in [0.1, 0.15) is 13.5 Å². The standard InChI is InChI=1S/C14H18BNO/c1-8(2)6-12(17)14-13(15)10(5)7-11(16-14)9(3)4/h6-7,9H,1-5H3/i7D. The topological polar surface area (TPSA) is 30.0 Å². The van der Waals surface area contributed by atoms with Crippen molar-refractivity contribution in [2.24, 2.45) is 0 Å². The van der Waals surface area contributed by atoms with Gasteiger partial charge in [-0.3, -0.25) is 4.79 Å². The van der Waals surface area contributed by atoms with Crippen molar-refractivity contribution in [2.45, 2.75) is 40.5 Å². The monoisotopic (exact) mass is 228 g/mol. The van der Waals surface area contributed by atoms with Crippen LogP contribution in [0.5, 0.6) is 0 Å². The maximum absolute atomic E-state index is 12.0. The summed E-state index contributed by atoms with van der Waals surface area (Å²) in [5, 5.41) is 0. The molecular weight excluding hydrogens is 209 g/mol. The highest BCUT2D eigenvalue weighted by Crippen LogP contribution is 2.13. The van der Waals surface area contributed by atoms with Gasteiger partial charge in [0.2, 0.25) is 5.78 Å². The molecule has 0 atom stereocenters. The fourth-order valence-corrected chi connectivity index (χ4v) is 1.44. The molecule has 0 bridgehead atoms. The van der Waals surface area contributed by atoms with Crippen LogP contribution in [0.1, 0.15) is 56.7 Å². The van der Waals surface area contributed by atoms with E-state index in [0.29, 0.717) is 22.8 Å². The SMILES string of the molecule is [2H]c1c(C(C)C)nc(C(=O)C=C(C)C)c([B])c1C. The van der Waals surface area contributed by atoms with E-state index in [1.807, 2.05) is 27.7 Å². The fourth-order valence-electron chi connectivity index (χ4n) is 1.44. The minimum Gasteiger partial charge on any atom is -0.288 e. The number of pyridine rings is 1. The number of hydrogen-bond donors (Lipinski definition) is 0. The van der Waals surface area contributed by atoms with Crippen LogP contribution in [0.4, 0.5) is 0 Å². The zero-order valence-electron chi connectivity index (χ0n) is 12.1. The average molecular weight is 228 g/mol. The van der Waals surface area contributed by atoms with Crippen LogP contribution in [-0.2, 0) is 0 Å². The molecule has 0 saturated heterocycles. The molecule has 2 radical (unpaired) electrons. The smallest absolute Gasteiger partial charge is 0.203 e. The van der Waals surface area contributed by atoms with Crippen molar-refractivity contribution in [1.29, 1.82) is 0 Å². The Morgan fingerprint density at radius 3 is 2.59 bits per heavy atom. The lowest BCUT2D eigenvalue weighted by Crippen LogP contribution is -2.22. The van der Waals surface area contributed by atoms with E-state index in [-0.39, 0.29) is 17.4 Å². The lowest BCUT2D eigenvalue weighted by Gasteiger charge is -2.12. The third-order valence-electron chi connectivity index (χ3n) is 2.41. The highest BCUT2D eigenvalue weighted by molar-refractivity contribution is 6.37. The van der Waals surface area contributed by atoms with E-state index in [0.717, 1.165) is 5.57 Å². The molecule has 0 saturated carbocycles. The van der Waals surface area contributed by atoms with Crippen molar-refractivity contribution < 1.29 is 6.17 Å². The van der Waals surface area contributed by atoms with E-state index in [9.17, 15) is 4.79 Å². The molecular formula is C14H18BNO. The summed E-state index contributed by atoms with van der Waals surface area (Å²) < 4.78 is 7.98. The number of carbonyl (C=O) groups is 1. The lowest BCUT2D eigenvalue weighted by molar-refractivity contribution is 0.104. The number of hydrogen-bond acceptors (Lipinski definition) is 2. The zero-order valence-corrected chi connectivity index (χ0v) is 11.1. The maximum Gasteiger partial charge on any atom is 0.203 e. The van der Waals surface area contributed by atoms with Crippen molar-refractivity contribution in [3.05, 3.63) is 34.6 Å². The van der Waals surface area contributed by atoms with Crippen LogP contribution >= 0.6 is 0 Å². The molecule has 17 heavy (non-hydrogen) atoms. The summed E-state index contributed by atoms with van der Waals surface area (Å²) in [6.07, 6.45) is 1.52. The number of allylic oxidation sites excluding steroid dienone is 2. The van der Waals surface area contributed by atoms with Crippen LogP contribution in [-0.4, -0.2) is 18.6 Å². The molecule has 1 aromatic rings. The maximum atomic E-state index is 12.0. The van der Waals surface area contributed by atoms with Crippen molar-refractivity contribution >= 4 is 19.1 Å². The summed E-state index contributed by atoms with van der Waals surface area (Å²) in [7, 11) is 5.90. The Morgan fingerprint density at radius 2 is 2.12 bits per heavy atom. The van der Waals surface area contributed by atoms with Crippen LogP contribution in [0.15, 0.2) is 17.7 Å².